The molecule has 0 spiro atoms. The van der Waals surface area contributed by atoms with Gasteiger partial charge in [-0.1, -0.05) is 32.4 Å². The zero-order valence-electron chi connectivity index (χ0n) is 6.67. The third-order valence-corrected chi connectivity index (χ3v) is 0.718. The van der Waals surface area contributed by atoms with Crippen molar-refractivity contribution in [2.75, 3.05) is 0 Å². The molecule has 1 nitrogen and oxygen atoms in total. The van der Waals surface area contributed by atoms with Crippen LogP contribution >= 0.6 is 0 Å². The van der Waals surface area contributed by atoms with Gasteiger partial charge in [-0.25, -0.2) is 0 Å². The Morgan fingerprint density at radius 1 is 0.900 bits per heavy atom. The highest BCUT2D eigenvalue weighted by molar-refractivity contribution is 5.14. The molecular weight excluding hydrogens is 122 g/mol. The van der Waals surface area contributed by atoms with Gasteiger partial charge in [0.15, 0.2) is 0 Å². The molecule has 0 aromatic carbocycles. The Hall–Kier alpha value is -0.980. The summed E-state index contributed by atoms with van der Waals surface area (Å²) in [5, 5.41) is 2.92. The topological polar surface area (TPSA) is 12.0 Å². The lowest BCUT2D eigenvalue weighted by Gasteiger charge is -1.79. The van der Waals surface area contributed by atoms with Gasteiger partial charge in [0.25, 0.3) is 0 Å². The van der Waals surface area contributed by atoms with Crippen LogP contribution in [0.5, 0.6) is 0 Å². The maximum absolute atomic E-state index is 2.92. The molecule has 0 aliphatic carbocycles. The predicted molar refractivity (Wildman–Crippen MR) is 46.5 cm³/mol. The van der Waals surface area contributed by atoms with Crippen molar-refractivity contribution in [3.8, 4) is 0 Å². The summed E-state index contributed by atoms with van der Waals surface area (Å²) >= 11 is 0. The molecule has 1 rings (SSSR count). The van der Waals surface area contributed by atoms with Crippen LogP contribution in [0.25, 0.3) is 0 Å². The molecule has 0 amide bonds. The van der Waals surface area contributed by atoms with Gasteiger partial charge in [-0.3, -0.25) is 0 Å². The first-order valence-electron chi connectivity index (χ1n) is 3.66. The van der Waals surface area contributed by atoms with Crippen molar-refractivity contribution in [1.29, 1.82) is 0 Å². The van der Waals surface area contributed by atoms with Crippen LogP contribution in [0.2, 0.25) is 0 Å². The van der Waals surface area contributed by atoms with Crippen LogP contribution in [0, 0.1) is 0 Å². The van der Waals surface area contributed by atoms with E-state index < -0.39 is 0 Å². The van der Waals surface area contributed by atoms with Gasteiger partial charge in [0.05, 0.1) is 0 Å². The molecule has 0 unspecified atom stereocenters. The van der Waals surface area contributed by atoms with Crippen molar-refractivity contribution >= 4 is 0 Å². The number of allylic oxidation sites excluding steroid dienone is 4. The summed E-state index contributed by atoms with van der Waals surface area (Å²) in [5.41, 5.74) is 0. The molecule has 1 aliphatic heterocycles. The van der Waals surface area contributed by atoms with E-state index in [2.05, 4.69) is 19.2 Å². The van der Waals surface area contributed by atoms with Crippen molar-refractivity contribution in [3.63, 3.8) is 0 Å². The molecule has 1 N–H and O–H groups in total. The molecule has 0 atom stereocenters. The molecule has 56 valence electrons. The van der Waals surface area contributed by atoms with E-state index in [-0.39, 0.29) is 0 Å². The predicted octanol–water partition coefficient (Wildman–Crippen LogP) is 2.59. The molecule has 0 fully saturated rings. The minimum absolute atomic E-state index is 1.25. The monoisotopic (exact) mass is 137 g/mol. The molecule has 0 radical (unpaired) electrons. The Kier molecular flexibility index (Phi) is 7.23. The fraction of sp³-hybridized carbons (Fsp3) is 0.333. The van der Waals surface area contributed by atoms with Crippen LogP contribution in [-0.2, 0) is 0 Å². The second kappa shape index (κ2) is 8.02. The zero-order chi connectivity index (χ0) is 7.66. The van der Waals surface area contributed by atoms with Crippen LogP contribution in [0.3, 0.4) is 0 Å². The second-order valence-electron chi connectivity index (χ2n) is 1.98. The third kappa shape index (κ3) is 7.02. The Labute approximate surface area is 63.1 Å². The van der Waals surface area contributed by atoms with E-state index in [0.717, 1.165) is 0 Å². The second-order valence-corrected chi connectivity index (χ2v) is 1.98. The van der Waals surface area contributed by atoms with Crippen molar-refractivity contribution in [3.05, 3.63) is 36.7 Å². The Balaban J connectivity index is 0.000000236. The molecule has 1 heterocycles. The third-order valence-electron chi connectivity index (χ3n) is 0.718. The van der Waals surface area contributed by atoms with Crippen LogP contribution in [-0.4, -0.2) is 0 Å². The molecule has 0 aromatic heterocycles. The summed E-state index contributed by atoms with van der Waals surface area (Å²) in [4.78, 5) is 0. The standard InChI is InChI=1S/C6H7N.C3H8/c1-2-4-6-7-5-3-1;1-3-2/h1-7H;3H2,1-2H3. The first-order chi connectivity index (χ1) is 4.91. The smallest absolute Gasteiger partial charge is 0.000442 e. The van der Waals surface area contributed by atoms with Gasteiger partial charge in [-0.05, 0) is 12.2 Å². The van der Waals surface area contributed by atoms with Crippen molar-refractivity contribution in [2.45, 2.75) is 20.3 Å². The van der Waals surface area contributed by atoms with Crippen LogP contribution < -0.4 is 5.32 Å². The average molecular weight is 137 g/mol. The number of nitrogens with one attached hydrogen (secondary N) is 1. The zero-order valence-corrected chi connectivity index (χ0v) is 6.67. The molecule has 1 aliphatic rings. The van der Waals surface area contributed by atoms with Crippen LogP contribution in [0.15, 0.2) is 36.7 Å². The van der Waals surface area contributed by atoms with Crippen LogP contribution in [0.4, 0.5) is 0 Å². The molecule has 0 aromatic rings. The van der Waals surface area contributed by atoms with E-state index >= 15 is 0 Å². The summed E-state index contributed by atoms with van der Waals surface area (Å²) in [6, 6.07) is 0. The molecule has 0 saturated heterocycles. The number of hydrogen-bond acceptors (Lipinski definition) is 1. The normalized spacial score (nSPS) is 13.0. The highest BCUT2D eigenvalue weighted by Gasteiger charge is 1.67. The van der Waals surface area contributed by atoms with E-state index in [1.165, 1.54) is 6.42 Å². The SMILES string of the molecule is C1=CC=CNC=C1.CCC. The van der Waals surface area contributed by atoms with Gasteiger partial charge in [0.1, 0.15) is 0 Å². The Morgan fingerprint density at radius 2 is 1.30 bits per heavy atom. The number of rotatable bonds is 0. The minimum Gasteiger partial charge on any atom is -0.368 e. The van der Waals surface area contributed by atoms with Gasteiger partial charge in [-0.15, -0.1) is 0 Å². The Bertz CT molecular complexity index is 118. The van der Waals surface area contributed by atoms with Crippen molar-refractivity contribution < 1.29 is 0 Å². The van der Waals surface area contributed by atoms with Gasteiger partial charge >= 0.3 is 0 Å². The largest absolute Gasteiger partial charge is 0.368 e. The van der Waals surface area contributed by atoms with E-state index in [9.17, 15) is 0 Å². The summed E-state index contributed by atoms with van der Waals surface area (Å²) in [7, 11) is 0. The molecule has 1 heteroatoms. The maximum Gasteiger partial charge on any atom is 0.000442 e. The highest BCUT2D eigenvalue weighted by atomic mass is 14.8. The highest BCUT2D eigenvalue weighted by Crippen LogP contribution is 1.81. The molecule has 0 bridgehead atoms. The van der Waals surface area contributed by atoms with Gasteiger partial charge in [0, 0.05) is 12.4 Å². The first kappa shape index (κ1) is 9.02. The molecule has 0 saturated carbocycles. The summed E-state index contributed by atoms with van der Waals surface area (Å²) in [5.74, 6) is 0. The Morgan fingerprint density at radius 3 is 1.70 bits per heavy atom. The van der Waals surface area contributed by atoms with E-state index in [1.807, 2.05) is 36.7 Å². The fourth-order valence-corrected chi connectivity index (χ4v) is 0.406. The van der Waals surface area contributed by atoms with Gasteiger partial charge in [0.2, 0.25) is 0 Å². The first-order valence-corrected chi connectivity index (χ1v) is 3.66. The lowest BCUT2D eigenvalue weighted by molar-refractivity contribution is 1.09. The van der Waals surface area contributed by atoms with Gasteiger partial charge < -0.3 is 5.32 Å². The average Bonchev–Trinajstić information content (AvgIpc) is 2.17. The van der Waals surface area contributed by atoms with Crippen molar-refractivity contribution in [2.24, 2.45) is 0 Å². The van der Waals surface area contributed by atoms with Crippen molar-refractivity contribution in [1.82, 2.24) is 5.32 Å². The van der Waals surface area contributed by atoms with Gasteiger partial charge in [-0.2, -0.15) is 0 Å². The fourth-order valence-electron chi connectivity index (χ4n) is 0.406. The summed E-state index contributed by atoms with van der Waals surface area (Å²) in [6.45, 7) is 4.25. The van der Waals surface area contributed by atoms with E-state index in [1.54, 1.807) is 0 Å². The lowest BCUT2D eigenvalue weighted by atomic mass is 10.5. The minimum atomic E-state index is 1.25. The quantitative estimate of drug-likeness (QED) is 0.541. The summed E-state index contributed by atoms with van der Waals surface area (Å²) < 4.78 is 0. The lowest BCUT2D eigenvalue weighted by Crippen LogP contribution is -1.87. The van der Waals surface area contributed by atoms with E-state index in [4.69, 9.17) is 0 Å². The van der Waals surface area contributed by atoms with E-state index in [0.29, 0.717) is 0 Å². The van der Waals surface area contributed by atoms with Crippen LogP contribution in [0.1, 0.15) is 20.3 Å². The maximum atomic E-state index is 2.92. The molecule has 10 heavy (non-hydrogen) atoms. The number of hydrogen-bond donors (Lipinski definition) is 1. The molecular formula is C9H15N. The summed E-state index contributed by atoms with van der Waals surface area (Å²) in [6.07, 6.45) is 12.8.